The third-order valence-corrected chi connectivity index (χ3v) is 3.40. The summed E-state index contributed by atoms with van der Waals surface area (Å²) >= 11 is 0. The minimum Gasteiger partial charge on any atom is -0.304 e. The van der Waals surface area contributed by atoms with E-state index in [1.54, 1.807) is 24.3 Å². The predicted octanol–water partition coefficient (Wildman–Crippen LogP) is 2.28. The molecule has 2 aromatic heterocycles. The number of nitrogens with one attached hydrogen (secondary N) is 1. The monoisotopic (exact) mass is 303 g/mol. The number of hydrazone groups is 1. The van der Waals surface area contributed by atoms with E-state index in [1.165, 1.54) is 6.21 Å². The number of nitriles is 1. The fourth-order valence-corrected chi connectivity index (χ4v) is 2.20. The van der Waals surface area contributed by atoms with E-state index in [9.17, 15) is 4.79 Å². The number of aryl methyl sites for hydroxylation is 1. The zero-order chi connectivity index (χ0) is 16.2. The molecule has 0 spiro atoms. The predicted molar refractivity (Wildman–Crippen MR) is 86.1 cm³/mol. The lowest BCUT2D eigenvalue weighted by atomic mass is 10.2. The first kappa shape index (κ1) is 14.5. The molecule has 23 heavy (non-hydrogen) atoms. The van der Waals surface area contributed by atoms with Crippen LogP contribution in [0.15, 0.2) is 53.8 Å². The van der Waals surface area contributed by atoms with Crippen LogP contribution in [0.1, 0.15) is 27.3 Å². The summed E-state index contributed by atoms with van der Waals surface area (Å²) in [6.07, 6.45) is 3.37. The standard InChI is InChI=1S/C17H13N5O/c1-12-16(20-15-4-2-3-9-22(12)15)17(23)21-19-11-14-7-5-13(10-18)6-8-14/h2-9,11H,1H3,(H,21,23)/b19-11-. The summed E-state index contributed by atoms with van der Waals surface area (Å²) in [5.74, 6) is -0.365. The zero-order valence-corrected chi connectivity index (χ0v) is 12.4. The van der Waals surface area contributed by atoms with Crippen molar-refractivity contribution in [2.45, 2.75) is 6.92 Å². The number of carbonyl (C=O) groups is 1. The van der Waals surface area contributed by atoms with Crippen molar-refractivity contribution in [3.05, 3.63) is 71.2 Å². The second-order valence-corrected chi connectivity index (χ2v) is 4.91. The minimum atomic E-state index is -0.365. The molecule has 0 unspecified atom stereocenters. The van der Waals surface area contributed by atoms with E-state index in [4.69, 9.17) is 5.26 Å². The van der Waals surface area contributed by atoms with Crippen LogP contribution in [-0.2, 0) is 0 Å². The van der Waals surface area contributed by atoms with E-state index >= 15 is 0 Å². The van der Waals surface area contributed by atoms with Gasteiger partial charge in [-0.25, -0.2) is 10.4 Å². The van der Waals surface area contributed by atoms with Crippen molar-refractivity contribution in [3.63, 3.8) is 0 Å². The van der Waals surface area contributed by atoms with Crippen molar-refractivity contribution in [3.8, 4) is 6.07 Å². The van der Waals surface area contributed by atoms with Gasteiger partial charge in [-0.05, 0) is 36.8 Å². The van der Waals surface area contributed by atoms with Crippen LogP contribution in [0, 0.1) is 18.3 Å². The minimum absolute atomic E-state index is 0.341. The number of hydrogen-bond donors (Lipinski definition) is 1. The van der Waals surface area contributed by atoms with Gasteiger partial charge in [-0.3, -0.25) is 4.79 Å². The van der Waals surface area contributed by atoms with Gasteiger partial charge in [0.25, 0.3) is 5.91 Å². The molecular formula is C17H13N5O. The molecule has 0 saturated carbocycles. The van der Waals surface area contributed by atoms with E-state index in [1.807, 2.05) is 41.8 Å². The Morgan fingerprint density at radius 1 is 1.30 bits per heavy atom. The number of aromatic nitrogens is 2. The Hall–Kier alpha value is -3.46. The topological polar surface area (TPSA) is 82.5 Å². The van der Waals surface area contributed by atoms with Crippen LogP contribution >= 0.6 is 0 Å². The largest absolute Gasteiger partial charge is 0.304 e. The first-order chi connectivity index (χ1) is 11.2. The van der Waals surface area contributed by atoms with Gasteiger partial charge < -0.3 is 4.40 Å². The molecule has 3 aromatic rings. The normalized spacial score (nSPS) is 10.8. The Balaban J connectivity index is 1.74. The quantitative estimate of drug-likeness (QED) is 0.595. The lowest BCUT2D eigenvalue weighted by molar-refractivity contribution is 0.0950. The second-order valence-electron chi connectivity index (χ2n) is 4.91. The molecule has 2 heterocycles. The molecule has 0 fully saturated rings. The Kier molecular flexibility index (Phi) is 3.85. The number of nitrogens with zero attached hydrogens (tertiary/aromatic N) is 4. The van der Waals surface area contributed by atoms with Crippen LogP contribution in [-0.4, -0.2) is 21.5 Å². The summed E-state index contributed by atoms with van der Waals surface area (Å²) in [5.41, 5.74) is 5.64. The number of pyridine rings is 1. The molecule has 0 atom stereocenters. The van der Waals surface area contributed by atoms with E-state index in [0.717, 1.165) is 11.3 Å². The summed E-state index contributed by atoms with van der Waals surface area (Å²) in [7, 11) is 0. The van der Waals surface area contributed by atoms with Crippen molar-refractivity contribution < 1.29 is 4.79 Å². The van der Waals surface area contributed by atoms with Gasteiger partial charge >= 0.3 is 0 Å². The molecule has 0 bridgehead atoms. The molecule has 3 rings (SSSR count). The molecule has 112 valence electrons. The highest BCUT2D eigenvalue weighted by atomic mass is 16.2. The number of amides is 1. The summed E-state index contributed by atoms with van der Waals surface area (Å²) in [5, 5.41) is 12.7. The number of carbonyl (C=O) groups excluding carboxylic acids is 1. The van der Waals surface area contributed by atoms with Crippen LogP contribution in [0.25, 0.3) is 5.65 Å². The second kappa shape index (κ2) is 6.12. The maximum absolute atomic E-state index is 12.2. The molecule has 1 amide bonds. The van der Waals surface area contributed by atoms with Crippen molar-refractivity contribution in [2.75, 3.05) is 0 Å². The molecular weight excluding hydrogens is 290 g/mol. The van der Waals surface area contributed by atoms with E-state index in [2.05, 4.69) is 15.5 Å². The highest BCUT2D eigenvalue weighted by Gasteiger charge is 2.14. The van der Waals surface area contributed by atoms with Gasteiger partial charge in [0.1, 0.15) is 5.65 Å². The summed E-state index contributed by atoms with van der Waals surface area (Å²) < 4.78 is 1.85. The van der Waals surface area contributed by atoms with Gasteiger partial charge in [-0.2, -0.15) is 10.4 Å². The fraction of sp³-hybridized carbons (Fsp3) is 0.0588. The molecule has 0 radical (unpaired) electrons. The molecule has 6 heteroatoms. The highest BCUT2D eigenvalue weighted by Crippen LogP contribution is 2.11. The molecule has 1 aromatic carbocycles. The van der Waals surface area contributed by atoms with Gasteiger partial charge in [0.2, 0.25) is 0 Å². The third-order valence-electron chi connectivity index (χ3n) is 3.40. The first-order valence-electron chi connectivity index (χ1n) is 6.96. The van der Waals surface area contributed by atoms with Gasteiger partial charge in [0.15, 0.2) is 5.69 Å². The zero-order valence-electron chi connectivity index (χ0n) is 12.4. The molecule has 1 N–H and O–H groups in total. The van der Waals surface area contributed by atoms with Crippen LogP contribution in [0.3, 0.4) is 0 Å². The molecule has 0 aliphatic heterocycles. The molecule has 0 saturated heterocycles. The van der Waals surface area contributed by atoms with Crippen molar-refractivity contribution in [1.82, 2.24) is 14.8 Å². The van der Waals surface area contributed by atoms with Gasteiger partial charge in [0, 0.05) is 6.20 Å². The summed E-state index contributed by atoms with van der Waals surface area (Å²) in [6, 6.07) is 14.5. The maximum Gasteiger partial charge on any atom is 0.291 e. The van der Waals surface area contributed by atoms with Gasteiger partial charge in [-0.15, -0.1) is 0 Å². The fourth-order valence-electron chi connectivity index (χ4n) is 2.20. The number of imidazole rings is 1. The Morgan fingerprint density at radius 3 is 2.78 bits per heavy atom. The first-order valence-corrected chi connectivity index (χ1v) is 6.96. The average molecular weight is 303 g/mol. The SMILES string of the molecule is Cc1c(C(=O)N/N=C\c2ccc(C#N)cc2)nc2ccccn12. The van der Waals surface area contributed by atoms with E-state index in [-0.39, 0.29) is 5.91 Å². The van der Waals surface area contributed by atoms with Crippen molar-refractivity contribution in [2.24, 2.45) is 5.10 Å². The maximum atomic E-state index is 12.2. The van der Waals surface area contributed by atoms with Crippen LogP contribution in [0.5, 0.6) is 0 Å². The lowest BCUT2D eigenvalue weighted by Gasteiger charge is -1.98. The van der Waals surface area contributed by atoms with Crippen LogP contribution < -0.4 is 5.43 Å². The number of hydrogen-bond acceptors (Lipinski definition) is 4. The van der Waals surface area contributed by atoms with Crippen molar-refractivity contribution >= 4 is 17.8 Å². The smallest absolute Gasteiger partial charge is 0.291 e. The average Bonchev–Trinajstić information content (AvgIpc) is 2.93. The molecule has 0 aliphatic rings. The number of fused-ring (bicyclic) bond motifs is 1. The molecule has 6 nitrogen and oxygen atoms in total. The van der Waals surface area contributed by atoms with E-state index < -0.39 is 0 Å². The third kappa shape index (κ3) is 2.94. The lowest BCUT2D eigenvalue weighted by Crippen LogP contribution is -2.19. The number of benzene rings is 1. The van der Waals surface area contributed by atoms with Crippen molar-refractivity contribution in [1.29, 1.82) is 5.26 Å². The van der Waals surface area contributed by atoms with Crippen LogP contribution in [0.2, 0.25) is 0 Å². The number of rotatable bonds is 3. The Bertz CT molecular complexity index is 932. The molecule has 0 aliphatic carbocycles. The van der Waals surface area contributed by atoms with Crippen LogP contribution in [0.4, 0.5) is 0 Å². The van der Waals surface area contributed by atoms with E-state index in [0.29, 0.717) is 16.9 Å². The highest BCUT2D eigenvalue weighted by molar-refractivity contribution is 5.95. The Morgan fingerprint density at radius 2 is 2.09 bits per heavy atom. The summed E-state index contributed by atoms with van der Waals surface area (Å²) in [6.45, 7) is 1.83. The Labute approximate surface area is 132 Å². The van der Waals surface area contributed by atoms with Gasteiger partial charge in [0.05, 0.1) is 23.5 Å². The summed E-state index contributed by atoms with van der Waals surface area (Å²) in [4.78, 5) is 16.5. The van der Waals surface area contributed by atoms with Gasteiger partial charge in [-0.1, -0.05) is 18.2 Å².